The molecule has 1 N–H and O–H groups in total. The first-order valence-electron chi connectivity index (χ1n) is 4.43. The van der Waals surface area contributed by atoms with Crippen LogP contribution in [0.4, 0.5) is 0 Å². The van der Waals surface area contributed by atoms with E-state index in [0.29, 0.717) is 0 Å². The zero-order valence-corrected chi connectivity index (χ0v) is 8.10. The smallest absolute Gasteiger partial charge is 0.243 e. The quantitative estimate of drug-likeness (QED) is 0.600. The molecule has 0 saturated carbocycles. The molecule has 0 saturated heterocycles. The molecule has 2 aromatic rings. The molecule has 76 valence electrons. The molecule has 5 nitrogen and oxygen atoms in total. The van der Waals surface area contributed by atoms with Crippen molar-refractivity contribution in [3.63, 3.8) is 0 Å². The number of nitrogens with zero attached hydrogens (tertiary/aromatic N) is 2. The molecule has 2 heterocycles. The van der Waals surface area contributed by atoms with E-state index in [1.807, 2.05) is 6.07 Å². The van der Waals surface area contributed by atoms with Crippen LogP contribution in [0.1, 0.15) is 12.5 Å². The van der Waals surface area contributed by atoms with Crippen LogP contribution in [0.15, 0.2) is 30.2 Å². The highest BCUT2D eigenvalue weighted by atomic mass is 16.6. The lowest BCUT2D eigenvalue weighted by Crippen LogP contribution is -1.92. The van der Waals surface area contributed by atoms with E-state index in [-0.39, 0.29) is 5.70 Å². The first kappa shape index (κ1) is 9.39. The van der Waals surface area contributed by atoms with Gasteiger partial charge in [0.15, 0.2) is 0 Å². The molecule has 0 spiro atoms. The second-order valence-corrected chi connectivity index (χ2v) is 3.19. The summed E-state index contributed by atoms with van der Waals surface area (Å²) in [5, 5.41) is 11.4. The Morgan fingerprint density at radius 1 is 1.67 bits per heavy atom. The summed E-state index contributed by atoms with van der Waals surface area (Å²) in [5.74, 6) is 0. The van der Waals surface area contributed by atoms with Gasteiger partial charge in [-0.3, -0.25) is 10.1 Å². The van der Waals surface area contributed by atoms with Crippen molar-refractivity contribution in [2.45, 2.75) is 6.92 Å². The van der Waals surface area contributed by atoms with Crippen LogP contribution in [0.3, 0.4) is 0 Å². The van der Waals surface area contributed by atoms with E-state index in [4.69, 9.17) is 0 Å². The Labute approximate surface area is 85.6 Å². The van der Waals surface area contributed by atoms with Crippen molar-refractivity contribution >= 4 is 17.1 Å². The third-order valence-corrected chi connectivity index (χ3v) is 2.14. The number of nitro groups is 1. The van der Waals surface area contributed by atoms with E-state index in [1.54, 1.807) is 18.5 Å². The van der Waals surface area contributed by atoms with Crippen LogP contribution in [-0.4, -0.2) is 14.9 Å². The van der Waals surface area contributed by atoms with Crippen LogP contribution >= 0.6 is 0 Å². The first-order valence-corrected chi connectivity index (χ1v) is 4.43. The summed E-state index contributed by atoms with van der Waals surface area (Å²) in [5.41, 5.74) is 1.63. The van der Waals surface area contributed by atoms with Crippen molar-refractivity contribution in [1.82, 2.24) is 9.97 Å². The van der Waals surface area contributed by atoms with Crippen molar-refractivity contribution < 1.29 is 4.92 Å². The minimum atomic E-state index is -0.408. The SMILES string of the molecule is C/C(=C\c1c[nH]c2ncccc12)[N+](=O)[O-]. The molecular formula is C10H9N3O2. The second-order valence-electron chi connectivity index (χ2n) is 3.19. The summed E-state index contributed by atoms with van der Waals surface area (Å²) in [6.45, 7) is 1.47. The van der Waals surface area contributed by atoms with Crippen molar-refractivity contribution in [3.05, 3.63) is 45.9 Å². The van der Waals surface area contributed by atoms with Gasteiger partial charge in [-0.05, 0) is 12.1 Å². The van der Waals surface area contributed by atoms with E-state index in [2.05, 4.69) is 9.97 Å². The lowest BCUT2D eigenvalue weighted by molar-refractivity contribution is -0.422. The van der Waals surface area contributed by atoms with Gasteiger partial charge in [-0.2, -0.15) is 0 Å². The van der Waals surface area contributed by atoms with Crippen LogP contribution in [0.2, 0.25) is 0 Å². The van der Waals surface area contributed by atoms with Crippen molar-refractivity contribution in [1.29, 1.82) is 0 Å². The second kappa shape index (κ2) is 3.53. The third-order valence-electron chi connectivity index (χ3n) is 2.14. The predicted octanol–water partition coefficient (Wildman–Crippen LogP) is 2.20. The Balaban J connectivity index is 2.54. The molecule has 0 aliphatic rings. The van der Waals surface area contributed by atoms with Gasteiger partial charge in [-0.1, -0.05) is 0 Å². The summed E-state index contributed by atoms with van der Waals surface area (Å²) in [7, 11) is 0. The fourth-order valence-corrected chi connectivity index (χ4v) is 1.37. The number of aromatic amines is 1. The van der Waals surface area contributed by atoms with Gasteiger partial charge >= 0.3 is 0 Å². The molecule has 15 heavy (non-hydrogen) atoms. The fourth-order valence-electron chi connectivity index (χ4n) is 1.37. The van der Waals surface area contributed by atoms with Crippen LogP contribution in [0, 0.1) is 10.1 Å². The number of H-pyrrole nitrogens is 1. The maximum Gasteiger partial charge on any atom is 0.243 e. The van der Waals surface area contributed by atoms with Gasteiger partial charge < -0.3 is 4.98 Å². The topological polar surface area (TPSA) is 71.8 Å². The molecular weight excluding hydrogens is 194 g/mol. The number of nitrogens with one attached hydrogen (secondary N) is 1. The van der Waals surface area contributed by atoms with Crippen LogP contribution in [0.5, 0.6) is 0 Å². The molecule has 0 aliphatic heterocycles. The number of rotatable bonds is 2. The lowest BCUT2D eigenvalue weighted by atomic mass is 10.2. The molecule has 0 unspecified atom stereocenters. The molecule has 0 fully saturated rings. The molecule has 0 aromatic carbocycles. The zero-order chi connectivity index (χ0) is 10.8. The highest BCUT2D eigenvalue weighted by Gasteiger charge is 2.06. The minimum absolute atomic E-state index is 0.111. The average molecular weight is 203 g/mol. The summed E-state index contributed by atoms with van der Waals surface area (Å²) in [6.07, 6.45) is 4.91. The standard InChI is InChI=1S/C10H9N3O2/c1-7(13(14)15)5-8-6-12-10-9(8)3-2-4-11-10/h2-6H,1H3,(H,11,12)/b7-5+. The van der Waals surface area contributed by atoms with Crippen LogP contribution in [0.25, 0.3) is 17.1 Å². The molecule has 0 aliphatic carbocycles. The van der Waals surface area contributed by atoms with Gasteiger partial charge in [0.2, 0.25) is 5.70 Å². The minimum Gasteiger partial charge on any atom is -0.346 e. The van der Waals surface area contributed by atoms with E-state index >= 15 is 0 Å². The summed E-state index contributed by atoms with van der Waals surface area (Å²) < 4.78 is 0. The molecule has 0 atom stereocenters. The van der Waals surface area contributed by atoms with Gasteiger partial charge in [-0.25, -0.2) is 4.98 Å². The summed E-state index contributed by atoms with van der Waals surface area (Å²) in [6, 6.07) is 3.67. The highest BCUT2D eigenvalue weighted by molar-refractivity contribution is 5.86. The largest absolute Gasteiger partial charge is 0.346 e. The van der Waals surface area contributed by atoms with Gasteiger partial charge in [0, 0.05) is 36.3 Å². The number of fused-ring (bicyclic) bond motifs is 1. The maximum atomic E-state index is 10.5. The van der Waals surface area contributed by atoms with Crippen molar-refractivity contribution in [3.8, 4) is 0 Å². The van der Waals surface area contributed by atoms with Gasteiger partial charge in [0.1, 0.15) is 5.65 Å². The van der Waals surface area contributed by atoms with E-state index < -0.39 is 4.92 Å². The van der Waals surface area contributed by atoms with E-state index in [0.717, 1.165) is 16.6 Å². The summed E-state index contributed by atoms with van der Waals surface area (Å²) in [4.78, 5) is 17.1. The van der Waals surface area contributed by atoms with E-state index in [1.165, 1.54) is 13.0 Å². The fraction of sp³-hybridized carbons (Fsp3) is 0.100. The van der Waals surface area contributed by atoms with Gasteiger partial charge in [0.25, 0.3) is 0 Å². The highest BCUT2D eigenvalue weighted by Crippen LogP contribution is 2.18. The number of allylic oxidation sites excluding steroid dienone is 1. The zero-order valence-electron chi connectivity index (χ0n) is 8.10. The normalized spacial score (nSPS) is 11.9. The van der Waals surface area contributed by atoms with Crippen LogP contribution in [-0.2, 0) is 0 Å². The van der Waals surface area contributed by atoms with Crippen molar-refractivity contribution in [2.24, 2.45) is 0 Å². The summed E-state index contributed by atoms with van der Waals surface area (Å²) >= 11 is 0. The number of hydrogen-bond acceptors (Lipinski definition) is 3. The Hall–Kier alpha value is -2.17. The average Bonchev–Trinajstić information content (AvgIpc) is 2.62. The Kier molecular flexibility index (Phi) is 2.21. The van der Waals surface area contributed by atoms with Crippen LogP contribution < -0.4 is 0 Å². The lowest BCUT2D eigenvalue weighted by Gasteiger charge is -1.91. The Morgan fingerprint density at radius 2 is 2.47 bits per heavy atom. The maximum absolute atomic E-state index is 10.5. The Bertz CT molecular complexity index is 542. The van der Waals surface area contributed by atoms with E-state index in [9.17, 15) is 10.1 Å². The number of pyridine rings is 1. The van der Waals surface area contributed by atoms with Gasteiger partial charge in [-0.15, -0.1) is 0 Å². The van der Waals surface area contributed by atoms with Gasteiger partial charge in [0.05, 0.1) is 4.92 Å². The molecule has 0 amide bonds. The monoisotopic (exact) mass is 203 g/mol. The Morgan fingerprint density at radius 3 is 3.20 bits per heavy atom. The molecule has 5 heteroatoms. The molecule has 2 aromatic heterocycles. The molecule has 2 rings (SSSR count). The predicted molar refractivity (Wildman–Crippen MR) is 56.7 cm³/mol. The van der Waals surface area contributed by atoms with Crippen molar-refractivity contribution in [2.75, 3.05) is 0 Å². The first-order chi connectivity index (χ1) is 7.18. The number of aromatic nitrogens is 2. The molecule has 0 bridgehead atoms. The third kappa shape index (κ3) is 1.71. The molecule has 0 radical (unpaired) electrons. The number of hydrogen-bond donors (Lipinski definition) is 1.